The van der Waals surface area contributed by atoms with E-state index in [0.717, 1.165) is 53.2 Å². The summed E-state index contributed by atoms with van der Waals surface area (Å²) in [7, 11) is 2.76. The molecule has 1 aliphatic carbocycles. The zero-order valence-corrected chi connectivity index (χ0v) is 20.0. The van der Waals surface area contributed by atoms with Crippen molar-refractivity contribution < 1.29 is 24.0 Å². The maximum atomic E-state index is 13.3. The number of carbonyl (C=O) groups excluding carboxylic acids is 1. The lowest BCUT2D eigenvalue weighted by molar-refractivity contribution is -0.491. The van der Waals surface area contributed by atoms with Crippen molar-refractivity contribution >= 4 is 16.9 Å². The Balaban J connectivity index is 1.51. The van der Waals surface area contributed by atoms with Crippen molar-refractivity contribution in [2.75, 3.05) is 14.2 Å². The number of hydrogen-bond acceptors (Lipinski definition) is 7. The summed E-state index contributed by atoms with van der Waals surface area (Å²) in [5, 5.41) is 1.84. The number of carbonyl (C=O) groups is 1. The number of hydrogen-bond donors (Lipinski definition) is 0. The molecule has 1 fully saturated rings. The Kier molecular flexibility index (Phi) is 7.77. The van der Waals surface area contributed by atoms with Crippen LogP contribution in [0, 0.1) is 5.92 Å². The standard InChI is InChI=1S/C27H32N2O5/c1-27(21-10-5-4-6-11-21,26(30)34-29(31-2)32-3)22-14-17-24(18-15-22)33-19-23-16-13-20-9-7-8-12-25(20)28-23/h7-9,12-18,21H,4-6,10-11,19H2,1-3H3. The Hall–Kier alpha value is -3.00. The molecule has 2 aromatic carbocycles. The molecule has 0 bridgehead atoms. The topological polar surface area (TPSA) is 70.1 Å². The highest BCUT2D eigenvalue weighted by atomic mass is 17.2. The molecule has 34 heavy (non-hydrogen) atoms. The molecule has 1 aliphatic rings. The summed E-state index contributed by atoms with van der Waals surface area (Å²) < 4.78 is 5.99. The number of benzene rings is 2. The van der Waals surface area contributed by atoms with E-state index in [4.69, 9.17) is 19.2 Å². The van der Waals surface area contributed by atoms with Crippen molar-refractivity contribution in [3.05, 3.63) is 71.9 Å². The van der Waals surface area contributed by atoms with E-state index >= 15 is 0 Å². The van der Waals surface area contributed by atoms with E-state index in [1.807, 2.05) is 61.5 Å². The quantitative estimate of drug-likeness (QED) is 0.385. The van der Waals surface area contributed by atoms with Gasteiger partial charge in [-0.25, -0.2) is 19.5 Å². The number of ether oxygens (including phenoxy) is 1. The molecule has 7 nitrogen and oxygen atoms in total. The maximum absolute atomic E-state index is 13.3. The van der Waals surface area contributed by atoms with E-state index in [1.54, 1.807) is 0 Å². The van der Waals surface area contributed by atoms with Crippen LogP contribution in [0.5, 0.6) is 5.75 Å². The maximum Gasteiger partial charge on any atom is 0.341 e. The molecule has 4 rings (SSSR count). The van der Waals surface area contributed by atoms with Crippen LogP contribution in [0.3, 0.4) is 0 Å². The third kappa shape index (κ3) is 5.22. The second-order valence-electron chi connectivity index (χ2n) is 8.81. The van der Waals surface area contributed by atoms with E-state index in [1.165, 1.54) is 20.6 Å². The predicted octanol–water partition coefficient (Wildman–Crippen LogP) is 5.53. The van der Waals surface area contributed by atoms with Crippen molar-refractivity contribution in [3.8, 4) is 5.75 Å². The van der Waals surface area contributed by atoms with Crippen LogP contribution in [0.25, 0.3) is 10.9 Å². The molecule has 7 heteroatoms. The Morgan fingerprint density at radius 3 is 2.38 bits per heavy atom. The zero-order valence-electron chi connectivity index (χ0n) is 20.0. The first-order chi connectivity index (χ1) is 16.5. The number of fused-ring (bicyclic) bond motifs is 1. The first-order valence-corrected chi connectivity index (χ1v) is 11.7. The minimum atomic E-state index is -0.839. The van der Waals surface area contributed by atoms with Crippen LogP contribution in [0.15, 0.2) is 60.7 Å². The first-order valence-electron chi connectivity index (χ1n) is 11.7. The van der Waals surface area contributed by atoms with Gasteiger partial charge < -0.3 is 9.57 Å². The third-order valence-electron chi connectivity index (χ3n) is 6.80. The van der Waals surface area contributed by atoms with Crippen LogP contribution in [0.4, 0.5) is 0 Å². The Bertz CT molecular complexity index is 1090. The van der Waals surface area contributed by atoms with Crippen LogP contribution in [-0.2, 0) is 31.3 Å². The summed E-state index contributed by atoms with van der Waals surface area (Å²) >= 11 is 0. The van der Waals surface area contributed by atoms with E-state index in [2.05, 4.69) is 11.1 Å². The third-order valence-corrected chi connectivity index (χ3v) is 6.80. The average Bonchev–Trinajstić information content (AvgIpc) is 2.90. The van der Waals surface area contributed by atoms with E-state index in [0.29, 0.717) is 12.4 Å². The van der Waals surface area contributed by atoms with Gasteiger partial charge in [-0.05, 0) is 55.5 Å². The molecule has 1 unspecified atom stereocenters. The summed E-state index contributed by atoms with van der Waals surface area (Å²) in [5.74, 6) is 0.475. The number of para-hydroxylation sites is 1. The largest absolute Gasteiger partial charge is 0.487 e. The average molecular weight is 465 g/mol. The number of pyridine rings is 1. The molecular weight excluding hydrogens is 432 g/mol. The molecule has 1 aromatic heterocycles. The van der Waals surface area contributed by atoms with Gasteiger partial charge in [0.1, 0.15) is 17.7 Å². The molecule has 1 heterocycles. The Morgan fingerprint density at radius 1 is 0.971 bits per heavy atom. The van der Waals surface area contributed by atoms with Gasteiger partial charge in [-0.15, -0.1) is 0 Å². The van der Waals surface area contributed by atoms with Crippen LogP contribution in [0.2, 0.25) is 0 Å². The zero-order chi connectivity index (χ0) is 24.0. The highest BCUT2D eigenvalue weighted by molar-refractivity contribution is 5.83. The number of aromatic nitrogens is 1. The van der Waals surface area contributed by atoms with Gasteiger partial charge in [0.05, 0.1) is 30.8 Å². The summed E-state index contributed by atoms with van der Waals surface area (Å²) in [6, 6.07) is 19.7. The predicted molar refractivity (Wildman–Crippen MR) is 128 cm³/mol. The van der Waals surface area contributed by atoms with Crippen molar-refractivity contribution in [2.24, 2.45) is 5.92 Å². The summed E-state index contributed by atoms with van der Waals surface area (Å²) in [4.78, 5) is 33.3. The lowest BCUT2D eigenvalue weighted by atomic mass is 9.66. The van der Waals surface area contributed by atoms with E-state index in [9.17, 15) is 4.79 Å². The number of rotatable bonds is 9. The normalized spacial score (nSPS) is 16.4. The fourth-order valence-electron chi connectivity index (χ4n) is 4.76. The Labute approximate surface area is 200 Å². The molecule has 0 N–H and O–H groups in total. The van der Waals surface area contributed by atoms with Gasteiger partial charge in [-0.1, -0.05) is 55.7 Å². The van der Waals surface area contributed by atoms with Crippen LogP contribution >= 0.6 is 0 Å². The van der Waals surface area contributed by atoms with Gasteiger partial charge in [-0.3, -0.25) is 0 Å². The second kappa shape index (κ2) is 11.0. The smallest absolute Gasteiger partial charge is 0.341 e. The van der Waals surface area contributed by atoms with Gasteiger partial charge in [0.15, 0.2) is 0 Å². The van der Waals surface area contributed by atoms with Gasteiger partial charge in [0.2, 0.25) is 0 Å². The molecule has 0 saturated heterocycles. The molecule has 0 aliphatic heterocycles. The lowest BCUT2D eigenvalue weighted by Gasteiger charge is -2.38. The summed E-state index contributed by atoms with van der Waals surface area (Å²) in [5.41, 5.74) is 1.85. The van der Waals surface area contributed by atoms with Crippen molar-refractivity contribution in [1.29, 1.82) is 0 Å². The van der Waals surface area contributed by atoms with Crippen molar-refractivity contribution in [1.82, 2.24) is 10.4 Å². The first kappa shape index (κ1) is 24.1. The highest BCUT2D eigenvalue weighted by Crippen LogP contribution is 2.42. The molecule has 3 aromatic rings. The van der Waals surface area contributed by atoms with Crippen molar-refractivity contribution in [3.63, 3.8) is 0 Å². The SMILES string of the molecule is CON(OC)OC(=O)C(C)(c1ccc(OCc2ccc3ccccc3n2)cc1)C1CCCCC1. The molecule has 1 atom stereocenters. The van der Waals surface area contributed by atoms with Crippen LogP contribution in [0.1, 0.15) is 50.3 Å². The summed E-state index contributed by atoms with van der Waals surface area (Å²) in [6.45, 7) is 2.31. The lowest BCUT2D eigenvalue weighted by Crippen LogP contribution is -2.45. The fourth-order valence-corrected chi connectivity index (χ4v) is 4.76. The fraction of sp³-hybridized carbons (Fsp3) is 0.407. The van der Waals surface area contributed by atoms with Gasteiger partial charge in [-0.2, -0.15) is 0 Å². The summed E-state index contributed by atoms with van der Waals surface area (Å²) in [6.07, 6.45) is 5.34. The van der Waals surface area contributed by atoms with Gasteiger partial charge >= 0.3 is 5.97 Å². The van der Waals surface area contributed by atoms with Gasteiger partial charge in [0, 0.05) is 5.39 Å². The monoisotopic (exact) mass is 464 g/mol. The van der Waals surface area contributed by atoms with E-state index in [-0.39, 0.29) is 5.92 Å². The van der Waals surface area contributed by atoms with Crippen LogP contribution < -0.4 is 4.74 Å². The molecule has 0 amide bonds. The minimum absolute atomic E-state index is 0.165. The molecule has 0 radical (unpaired) electrons. The van der Waals surface area contributed by atoms with E-state index < -0.39 is 11.4 Å². The minimum Gasteiger partial charge on any atom is -0.487 e. The van der Waals surface area contributed by atoms with Crippen molar-refractivity contribution in [2.45, 2.75) is 51.0 Å². The molecule has 1 saturated carbocycles. The highest BCUT2D eigenvalue weighted by Gasteiger charge is 2.45. The molecule has 0 spiro atoms. The Morgan fingerprint density at radius 2 is 1.68 bits per heavy atom. The van der Waals surface area contributed by atoms with Gasteiger partial charge in [0.25, 0.3) is 0 Å². The molecular formula is C27H32N2O5. The second-order valence-corrected chi connectivity index (χ2v) is 8.81. The number of nitrogens with zero attached hydrogens (tertiary/aromatic N) is 2. The van der Waals surface area contributed by atoms with Crippen LogP contribution in [-0.4, -0.2) is 30.6 Å². The molecule has 180 valence electrons.